The lowest BCUT2D eigenvalue weighted by molar-refractivity contribution is 0.146. The highest BCUT2D eigenvalue weighted by atomic mass is 32.1. The molecule has 10 heavy (non-hydrogen) atoms. The fourth-order valence-corrected chi connectivity index (χ4v) is 1.32. The number of hydrogen-bond donors (Lipinski definition) is 0. The highest BCUT2D eigenvalue weighted by molar-refractivity contribution is 7.09. The van der Waals surface area contributed by atoms with Crippen LogP contribution in [0.2, 0.25) is 0 Å². The number of aromatic nitrogens is 1. The Bertz CT molecular complexity index is 209. The molecule has 0 atom stereocenters. The van der Waals surface area contributed by atoms with E-state index in [1.54, 1.807) is 0 Å². The normalized spacial score (nSPS) is 10.8. The van der Waals surface area contributed by atoms with E-state index in [0.717, 1.165) is 11.4 Å². The third kappa shape index (κ3) is 1.50. The molecule has 0 N–H and O–H groups in total. The van der Waals surface area contributed by atoms with Crippen molar-refractivity contribution >= 4 is 11.3 Å². The Hall–Kier alpha value is -0.510. The number of nitrogens with zero attached hydrogens (tertiary/aromatic N) is 1. The zero-order valence-electron chi connectivity index (χ0n) is 5.47. The molecule has 1 nitrogen and oxygen atoms in total. The summed E-state index contributed by atoms with van der Waals surface area (Å²) in [6, 6.07) is 0. The van der Waals surface area contributed by atoms with Crippen LogP contribution in [-0.4, -0.2) is 4.98 Å². The maximum atomic E-state index is 11.9. The van der Waals surface area contributed by atoms with Crippen LogP contribution in [0.1, 0.15) is 24.1 Å². The molecule has 0 amide bonds. The lowest BCUT2D eigenvalue weighted by Gasteiger charge is -1.88. The molecule has 0 aromatic carbocycles. The summed E-state index contributed by atoms with van der Waals surface area (Å²) in [6.45, 7) is 1.90. The van der Waals surface area contributed by atoms with Gasteiger partial charge in [-0.05, 0) is 6.42 Å². The smallest absolute Gasteiger partial charge is 0.240 e. The van der Waals surface area contributed by atoms with Crippen molar-refractivity contribution in [3.05, 3.63) is 16.1 Å². The Morgan fingerprint density at radius 1 is 1.70 bits per heavy atom. The Morgan fingerprint density at radius 2 is 2.40 bits per heavy atom. The molecule has 0 aliphatic rings. The van der Waals surface area contributed by atoms with Crippen LogP contribution in [0.4, 0.5) is 8.78 Å². The molecular formula is C6H7F2NS. The summed E-state index contributed by atoms with van der Waals surface area (Å²) in [5.74, 6) is 0. The van der Waals surface area contributed by atoms with Crippen LogP contribution in [0.3, 0.4) is 0 Å². The van der Waals surface area contributed by atoms with Crippen molar-refractivity contribution in [1.82, 2.24) is 4.98 Å². The van der Waals surface area contributed by atoms with Gasteiger partial charge in [0.05, 0.1) is 5.01 Å². The van der Waals surface area contributed by atoms with Crippen LogP contribution in [-0.2, 0) is 6.42 Å². The molecule has 1 aromatic heterocycles. The number of alkyl halides is 2. The van der Waals surface area contributed by atoms with Gasteiger partial charge in [-0.1, -0.05) is 6.92 Å². The van der Waals surface area contributed by atoms with E-state index in [9.17, 15) is 8.78 Å². The van der Waals surface area contributed by atoms with Gasteiger partial charge >= 0.3 is 0 Å². The predicted octanol–water partition coefficient (Wildman–Crippen LogP) is 2.64. The summed E-state index contributed by atoms with van der Waals surface area (Å²) >= 11 is 1.29. The summed E-state index contributed by atoms with van der Waals surface area (Å²) < 4.78 is 23.7. The summed E-state index contributed by atoms with van der Waals surface area (Å²) in [5, 5.41) is 2.18. The van der Waals surface area contributed by atoms with E-state index >= 15 is 0 Å². The molecule has 0 fully saturated rings. The molecule has 1 heterocycles. The molecule has 0 saturated carbocycles. The summed E-state index contributed by atoms with van der Waals surface area (Å²) in [5.41, 5.74) is -0.0955. The lowest BCUT2D eigenvalue weighted by atomic mass is 10.5. The molecule has 0 aliphatic heterocycles. The van der Waals surface area contributed by atoms with Crippen molar-refractivity contribution in [2.45, 2.75) is 19.8 Å². The van der Waals surface area contributed by atoms with Gasteiger partial charge < -0.3 is 0 Å². The first-order valence-corrected chi connectivity index (χ1v) is 3.84. The fourth-order valence-electron chi connectivity index (χ4n) is 0.588. The van der Waals surface area contributed by atoms with Crippen molar-refractivity contribution in [3.63, 3.8) is 0 Å². The molecule has 0 spiro atoms. The van der Waals surface area contributed by atoms with E-state index in [0.29, 0.717) is 0 Å². The minimum absolute atomic E-state index is 0.0955. The standard InChI is InChI=1S/C6H7F2NS/c1-2-5-9-4(3-10-5)6(7)8/h3,6H,2H2,1H3. The molecule has 56 valence electrons. The lowest BCUT2D eigenvalue weighted by Crippen LogP contribution is -1.84. The maximum Gasteiger partial charge on any atom is 0.281 e. The van der Waals surface area contributed by atoms with Crippen molar-refractivity contribution in [1.29, 1.82) is 0 Å². The molecule has 0 bridgehead atoms. The maximum absolute atomic E-state index is 11.9. The first-order valence-electron chi connectivity index (χ1n) is 2.96. The van der Waals surface area contributed by atoms with Gasteiger partial charge in [0, 0.05) is 5.38 Å². The first kappa shape index (κ1) is 7.60. The Morgan fingerprint density at radius 3 is 2.70 bits per heavy atom. The van der Waals surface area contributed by atoms with Crippen LogP contribution in [0.25, 0.3) is 0 Å². The summed E-state index contributed by atoms with van der Waals surface area (Å²) in [7, 11) is 0. The monoisotopic (exact) mass is 163 g/mol. The van der Waals surface area contributed by atoms with Crippen molar-refractivity contribution in [3.8, 4) is 0 Å². The molecule has 0 aliphatic carbocycles. The van der Waals surface area contributed by atoms with E-state index in [2.05, 4.69) is 4.98 Å². The number of rotatable bonds is 2. The van der Waals surface area contributed by atoms with E-state index < -0.39 is 6.43 Å². The Balaban J connectivity index is 2.78. The third-order valence-corrected chi connectivity index (χ3v) is 2.11. The number of hydrogen-bond acceptors (Lipinski definition) is 2. The Kier molecular flexibility index (Phi) is 2.32. The van der Waals surface area contributed by atoms with Gasteiger partial charge in [0.15, 0.2) is 0 Å². The van der Waals surface area contributed by atoms with Crippen molar-refractivity contribution in [2.75, 3.05) is 0 Å². The zero-order chi connectivity index (χ0) is 7.56. The largest absolute Gasteiger partial charge is 0.281 e. The topological polar surface area (TPSA) is 12.9 Å². The average molecular weight is 163 g/mol. The van der Waals surface area contributed by atoms with Crippen LogP contribution in [0.5, 0.6) is 0 Å². The molecular weight excluding hydrogens is 156 g/mol. The minimum Gasteiger partial charge on any atom is -0.240 e. The molecule has 4 heteroatoms. The third-order valence-electron chi connectivity index (χ3n) is 1.10. The summed E-state index contributed by atoms with van der Waals surface area (Å²) in [4.78, 5) is 3.70. The van der Waals surface area contributed by atoms with Gasteiger partial charge in [-0.2, -0.15) is 0 Å². The second kappa shape index (κ2) is 3.05. The average Bonchev–Trinajstić information content (AvgIpc) is 2.34. The molecule has 1 rings (SSSR count). The van der Waals surface area contributed by atoms with E-state index in [1.165, 1.54) is 16.7 Å². The summed E-state index contributed by atoms with van der Waals surface area (Å²) in [6.07, 6.45) is -1.69. The van der Waals surface area contributed by atoms with Crippen LogP contribution in [0, 0.1) is 0 Å². The molecule has 0 saturated heterocycles. The minimum atomic E-state index is -2.42. The fraction of sp³-hybridized carbons (Fsp3) is 0.500. The van der Waals surface area contributed by atoms with E-state index in [1.807, 2.05) is 6.92 Å². The van der Waals surface area contributed by atoms with Gasteiger partial charge in [-0.25, -0.2) is 13.8 Å². The quantitative estimate of drug-likeness (QED) is 0.653. The van der Waals surface area contributed by atoms with Crippen molar-refractivity contribution in [2.24, 2.45) is 0 Å². The molecule has 0 unspecified atom stereocenters. The zero-order valence-corrected chi connectivity index (χ0v) is 6.29. The van der Waals surface area contributed by atoms with Gasteiger partial charge in [-0.3, -0.25) is 0 Å². The van der Waals surface area contributed by atoms with Crippen LogP contribution < -0.4 is 0 Å². The second-order valence-electron chi connectivity index (χ2n) is 1.82. The van der Waals surface area contributed by atoms with Gasteiger partial charge in [0.1, 0.15) is 5.69 Å². The van der Waals surface area contributed by atoms with E-state index in [4.69, 9.17) is 0 Å². The number of halogens is 2. The van der Waals surface area contributed by atoms with Crippen LogP contribution >= 0.6 is 11.3 Å². The van der Waals surface area contributed by atoms with E-state index in [-0.39, 0.29) is 5.69 Å². The number of thiazole rings is 1. The molecule has 0 radical (unpaired) electrons. The highest BCUT2D eigenvalue weighted by Crippen LogP contribution is 2.20. The Labute approximate surface area is 61.7 Å². The van der Waals surface area contributed by atoms with Gasteiger partial charge in [0.25, 0.3) is 6.43 Å². The van der Waals surface area contributed by atoms with Gasteiger partial charge in [0.2, 0.25) is 0 Å². The van der Waals surface area contributed by atoms with Crippen LogP contribution in [0.15, 0.2) is 5.38 Å². The predicted molar refractivity (Wildman–Crippen MR) is 36.4 cm³/mol. The number of aryl methyl sites for hydroxylation is 1. The highest BCUT2D eigenvalue weighted by Gasteiger charge is 2.09. The van der Waals surface area contributed by atoms with Gasteiger partial charge in [-0.15, -0.1) is 11.3 Å². The van der Waals surface area contributed by atoms with Crippen molar-refractivity contribution < 1.29 is 8.78 Å². The second-order valence-corrected chi connectivity index (χ2v) is 2.76. The molecule has 1 aromatic rings. The SMILES string of the molecule is CCc1nc(C(F)F)cs1. The first-order chi connectivity index (χ1) is 4.74.